The molecule has 0 saturated heterocycles. The summed E-state index contributed by atoms with van der Waals surface area (Å²) >= 11 is 0. The number of aromatic nitrogens is 1. The van der Waals surface area contributed by atoms with E-state index >= 15 is 0 Å². The van der Waals surface area contributed by atoms with Gasteiger partial charge in [0.2, 0.25) is 0 Å². The van der Waals surface area contributed by atoms with Crippen LogP contribution in [0, 0.1) is 6.92 Å². The fraction of sp³-hybridized carbons (Fsp3) is 0.364. The van der Waals surface area contributed by atoms with Crippen molar-refractivity contribution >= 4 is 16.7 Å². The van der Waals surface area contributed by atoms with Gasteiger partial charge in [0.05, 0.1) is 5.69 Å². The van der Waals surface area contributed by atoms with Crippen LogP contribution >= 0.6 is 0 Å². The van der Waals surface area contributed by atoms with Crippen LogP contribution in [0.1, 0.15) is 19.5 Å². The van der Waals surface area contributed by atoms with Crippen molar-refractivity contribution in [2.24, 2.45) is 0 Å². The van der Waals surface area contributed by atoms with E-state index in [4.69, 9.17) is 4.52 Å². The molecule has 0 saturated carbocycles. The third kappa shape index (κ3) is 1.87. The average Bonchev–Trinajstić information content (AvgIpc) is 2.63. The zero-order chi connectivity index (χ0) is 10.6. The van der Waals surface area contributed by atoms with Crippen LogP contribution in [-0.4, -0.2) is 12.2 Å². The molecule has 3 nitrogen and oxygen atoms in total. The number of hydrogen-bond acceptors (Lipinski definition) is 3. The molecule has 76 valence electrons. The van der Waals surface area contributed by atoms with E-state index < -0.39 is 0 Å². The molecule has 1 aromatic heterocycles. The van der Waals surface area contributed by atoms with Gasteiger partial charge >= 0.3 is 0 Å². The van der Waals surface area contributed by atoms with E-state index in [9.17, 15) is 0 Å². The summed E-state index contributed by atoms with van der Waals surface area (Å²) in [7, 11) is 1.88. The van der Waals surface area contributed by atoms with Gasteiger partial charge in [-0.3, -0.25) is 0 Å². The Kier molecular flexibility index (Phi) is 3.51. The number of nitrogens with one attached hydrogen (secondary N) is 1. The van der Waals surface area contributed by atoms with Gasteiger partial charge in [-0.05, 0) is 19.1 Å². The zero-order valence-electron chi connectivity index (χ0n) is 9.09. The third-order valence-electron chi connectivity index (χ3n) is 1.94. The van der Waals surface area contributed by atoms with Gasteiger partial charge in [-0.15, -0.1) is 0 Å². The van der Waals surface area contributed by atoms with Crippen molar-refractivity contribution in [1.29, 1.82) is 0 Å². The highest BCUT2D eigenvalue weighted by atomic mass is 16.5. The maximum Gasteiger partial charge on any atom is 0.169 e. The largest absolute Gasteiger partial charge is 0.388 e. The van der Waals surface area contributed by atoms with Crippen molar-refractivity contribution in [3.63, 3.8) is 0 Å². The molecule has 0 aliphatic heterocycles. The molecule has 0 atom stereocenters. The van der Waals surface area contributed by atoms with Gasteiger partial charge in [-0.1, -0.05) is 19.0 Å². The highest BCUT2D eigenvalue weighted by molar-refractivity contribution is 5.82. The van der Waals surface area contributed by atoms with Crippen molar-refractivity contribution in [3.8, 4) is 0 Å². The van der Waals surface area contributed by atoms with E-state index in [1.165, 1.54) is 0 Å². The summed E-state index contributed by atoms with van der Waals surface area (Å²) in [4.78, 5) is 0. The number of rotatable bonds is 1. The molecule has 0 spiro atoms. The molecule has 14 heavy (non-hydrogen) atoms. The Balaban J connectivity index is 0.000000461. The minimum Gasteiger partial charge on any atom is -0.388 e. The second kappa shape index (κ2) is 4.65. The molecule has 0 amide bonds. The van der Waals surface area contributed by atoms with Crippen LogP contribution in [0.25, 0.3) is 11.0 Å². The topological polar surface area (TPSA) is 38.1 Å². The fourth-order valence-electron chi connectivity index (χ4n) is 1.22. The summed E-state index contributed by atoms with van der Waals surface area (Å²) in [5.41, 5.74) is 2.81. The Bertz CT molecular complexity index is 407. The van der Waals surface area contributed by atoms with Crippen LogP contribution in [-0.2, 0) is 0 Å². The molecular formula is C11H16N2O. The summed E-state index contributed by atoms with van der Waals surface area (Å²) in [5.74, 6) is 0. The Morgan fingerprint density at radius 3 is 2.64 bits per heavy atom. The molecule has 0 radical (unpaired) electrons. The lowest BCUT2D eigenvalue weighted by atomic mass is 10.2. The molecule has 0 aliphatic carbocycles. The van der Waals surface area contributed by atoms with Gasteiger partial charge in [0, 0.05) is 24.2 Å². The van der Waals surface area contributed by atoms with Gasteiger partial charge in [-0.2, -0.15) is 0 Å². The first-order chi connectivity index (χ1) is 6.81. The molecule has 0 fully saturated rings. The number of aryl methyl sites for hydroxylation is 1. The van der Waals surface area contributed by atoms with Gasteiger partial charge < -0.3 is 9.84 Å². The predicted molar refractivity (Wildman–Crippen MR) is 59.6 cm³/mol. The maximum atomic E-state index is 5.10. The van der Waals surface area contributed by atoms with Crippen LogP contribution in [0.2, 0.25) is 0 Å². The maximum absolute atomic E-state index is 5.10. The second-order valence-corrected chi connectivity index (χ2v) is 2.73. The molecule has 1 heterocycles. The quantitative estimate of drug-likeness (QED) is 0.754. The van der Waals surface area contributed by atoms with Crippen LogP contribution < -0.4 is 5.32 Å². The molecule has 1 N–H and O–H groups in total. The fourth-order valence-corrected chi connectivity index (χ4v) is 1.22. The Morgan fingerprint density at radius 1 is 1.29 bits per heavy atom. The smallest absolute Gasteiger partial charge is 0.169 e. The van der Waals surface area contributed by atoms with Crippen LogP contribution in [0.4, 0.5) is 5.69 Å². The predicted octanol–water partition coefficient (Wildman–Crippen LogP) is 3.20. The van der Waals surface area contributed by atoms with Crippen molar-refractivity contribution in [2.45, 2.75) is 20.8 Å². The van der Waals surface area contributed by atoms with Crippen LogP contribution in [0.5, 0.6) is 0 Å². The molecule has 3 heteroatoms. The monoisotopic (exact) mass is 192 g/mol. The Morgan fingerprint density at radius 2 is 2.00 bits per heavy atom. The zero-order valence-corrected chi connectivity index (χ0v) is 9.09. The second-order valence-electron chi connectivity index (χ2n) is 2.73. The van der Waals surface area contributed by atoms with Gasteiger partial charge in [-0.25, -0.2) is 0 Å². The van der Waals surface area contributed by atoms with Crippen molar-refractivity contribution < 1.29 is 4.52 Å². The third-order valence-corrected chi connectivity index (χ3v) is 1.94. The summed E-state index contributed by atoms with van der Waals surface area (Å²) in [6.45, 7) is 5.94. The Labute approximate surface area is 84.1 Å². The first-order valence-electron chi connectivity index (χ1n) is 4.85. The van der Waals surface area contributed by atoms with Gasteiger partial charge in [0.15, 0.2) is 5.58 Å². The van der Waals surface area contributed by atoms with E-state index in [2.05, 4.69) is 10.5 Å². The number of fused-ring (bicyclic) bond motifs is 1. The molecule has 2 aromatic rings. The molecule has 2 rings (SSSR count). The lowest BCUT2D eigenvalue weighted by Gasteiger charge is -1.96. The summed E-state index contributed by atoms with van der Waals surface area (Å²) < 4.78 is 5.10. The summed E-state index contributed by atoms with van der Waals surface area (Å²) in [6.07, 6.45) is 0. The van der Waals surface area contributed by atoms with E-state index in [-0.39, 0.29) is 0 Å². The van der Waals surface area contributed by atoms with Gasteiger partial charge in [0.25, 0.3) is 0 Å². The van der Waals surface area contributed by atoms with E-state index in [0.29, 0.717) is 0 Å². The standard InChI is InChI=1S/C9H10N2O.C2H6/c1-6-8-4-3-7(10-2)5-9(8)12-11-6;1-2/h3-5,10H,1-2H3;1-2H3. The highest BCUT2D eigenvalue weighted by Gasteiger charge is 2.02. The van der Waals surface area contributed by atoms with Crippen LogP contribution in [0.15, 0.2) is 22.7 Å². The van der Waals surface area contributed by atoms with Crippen molar-refractivity contribution in [1.82, 2.24) is 5.16 Å². The molecule has 0 aliphatic rings. The summed E-state index contributed by atoms with van der Waals surface area (Å²) in [5, 5.41) is 7.99. The van der Waals surface area contributed by atoms with E-state index in [1.54, 1.807) is 0 Å². The number of benzene rings is 1. The number of hydrogen-bond donors (Lipinski definition) is 1. The van der Waals surface area contributed by atoms with Crippen molar-refractivity contribution in [2.75, 3.05) is 12.4 Å². The molecule has 1 aromatic carbocycles. The lowest BCUT2D eigenvalue weighted by molar-refractivity contribution is 0.450. The first-order valence-corrected chi connectivity index (χ1v) is 4.85. The highest BCUT2D eigenvalue weighted by Crippen LogP contribution is 2.21. The van der Waals surface area contributed by atoms with Crippen LogP contribution in [0.3, 0.4) is 0 Å². The van der Waals surface area contributed by atoms with Gasteiger partial charge in [0.1, 0.15) is 0 Å². The normalized spacial score (nSPS) is 9.43. The molecular weight excluding hydrogens is 176 g/mol. The molecule has 0 unspecified atom stereocenters. The molecule has 0 bridgehead atoms. The first kappa shape index (κ1) is 10.6. The minimum absolute atomic E-state index is 0.833. The SMILES string of the molecule is CC.CNc1ccc2c(C)noc2c1. The van der Waals surface area contributed by atoms with Crippen molar-refractivity contribution in [3.05, 3.63) is 23.9 Å². The van der Waals surface area contributed by atoms with E-state index in [1.807, 2.05) is 46.0 Å². The minimum atomic E-state index is 0.833. The summed E-state index contributed by atoms with van der Waals surface area (Å²) in [6, 6.07) is 5.95. The number of anilines is 1. The van der Waals surface area contributed by atoms with E-state index in [0.717, 1.165) is 22.4 Å². The Hall–Kier alpha value is -1.51. The lowest BCUT2D eigenvalue weighted by Crippen LogP contribution is -1.85. The average molecular weight is 192 g/mol. The number of nitrogens with zero attached hydrogens (tertiary/aromatic N) is 1.